The summed E-state index contributed by atoms with van der Waals surface area (Å²) in [6.07, 6.45) is -9.17. The van der Waals surface area contributed by atoms with E-state index in [0.29, 0.717) is 45.1 Å². The Morgan fingerprint density at radius 3 is 2.24 bits per heavy atom. The Morgan fingerprint density at radius 2 is 1.56 bits per heavy atom. The highest BCUT2D eigenvalue weighted by Gasteiger charge is 2.77. The van der Waals surface area contributed by atoms with Gasteiger partial charge in [-0.2, -0.15) is 0 Å². The summed E-state index contributed by atoms with van der Waals surface area (Å²) in [4.78, 5) is 14.3. The van der Waals surface area contributed by atoms with Gasteiger partial charge in [0.25, 0.3) is 0 Å². The van der Waals surface area contributed by atoms with E-state index < -0.39 is 97.0 Å². The van der Waals surface area contributed by atoms with Crippen LogP contribution in [0.15, 0.2) is 0 Å². The Kier molecular flexibility index (Phi) is 10.5. The molecule has 4 saturated carbocycles. The van der Waals surface area contributed by atoms with Gasteiger partial charge in [0.1, 0.15) is 54.1 Å². The molecule has 15 heteroatoms. The summed E-state index contributed by atoms with van der Waals surface area (Å²) in [5.74, 6) is -0.724. The minimum atomic E-state index is -1.67. The van der Waals surface area contributed by atoms with Crippen LogP contribution in [0.4, 0.5) is 0 Å². The molecular formula is C39H62O15. The fourth-order valence-corrected chi connectivity index (χ4v) is 12.9. The van der Waals surface area contributed by atoms with Crippen LogP contribution in [-0.4, -0.2) is 151 Å². The third-order valence-electron chi connectivity index (χ3n) is 16.3. The molecule has 0 aromatic carbocycles. The first-order valence-electron chi connectivity index (χ1n) is 20.3. The van der Waals surface area contributed by atoms with Gasteiger partial charge in [0.2, 0.25) is 0 Å². The number of aliphatic hydroxyl groups is 8. The summed E-state index contributed by atoms with van der Waals surface area (Å²) in [6.45, 7) is 7.84. The average molecular weight is 771 g/mol. The number of rotatable bonds is 6. The van der Waals surface area contributed by atoms with E-state index in [-0.39, 0.29) is 53.3 Å². The van der Waals surface area contributed by atoms with E-state index in [0.717, 1.165) is 19.3 Å². The van der Waals surface area contributed by atoms with Crippen molar-refractivity contribution in [2.45, 2.75) is 170 Å². The minimum absolute atomic E-state index is 0.0703. The standard InChI is InChI=1S/C39H62O15/c1-17-28(43)30(45)32(47)34(50-17)53-33-31(46)29(44)26(15-41)52-35(33)51-20-6-8-36(3)22-7-9-37(4)23(21(22)12-25(42)24(36)11-20)13-27-39(37,48)18(2)38(54-27)10-5-19(14-40)16-49-38/h17-24,26-35,40-41,43-48H,5-16H2,1-4H3/t17-,18+,19-,20-,21+,22-,23-,24+,26+,27-,28-,29+,30+,31-,32+,33+,34+,35+,36+,37-,38+,39+/m0/s1. The van der Waals surface area contributed by atoms with Crippen molar-refractivity contribution in [1.29, 1.82) is 0 Å². The highest BCUT2D eigenvalue weighted by Crippen LogP contribution is 2.72. The smallest absolute Gasteiger partial charge is 0.187 e. The number of ether oxygens (including phenoxy) is 6. The lowest BCUT2D eigenvalue weighted by Crippen LogP contribution is -2.64. The number of hydrogen-bond donors (Lipinski definition) is 8. The third kappa shape index (κ3) is 5.77. The Bertz CT molecular complexity index is 1390. The molecule has 308 valence electrons. The Hall–Kier alpha value is -0.890. The molecule has 8 aliphatic rings. The second kappa shape index (κ2) is 14.1. The van der Waals surface area contributed by atoms with Crippen molar-refractivity contribution in [3.8, 4) is 0 Å². The van der Waals surface area contributed by atoms with Crippen molar-refractivity contribution in [1.82, 2.24) is 0 Å². The molecule has 0 aromatic rings. The van der Waals surface area contributed by atoms with E-state index in [4.69, 9.17) is 28.4 Å². The van der Waals surface area contributed by atoms with Crippen LogP contribution in [0.2, 0.25) is 0 Å². The average Bonchev–Trinajstić information content (AvgIpc) is 3.51. The fraction of sp³-hybridized carbons (Fsp3) is 0.974. The number of ketones is 1. The van der Waals surface area contributed by atoms with Gasteiger partial charge in [-0.15, -0.1) is 0 Å². The lowest BCUT2D eigenvalue weighted by atomic mass is 9.43. The summed E-state index contributed by atoms with van der Waals surface area (Å²) in [5, 5.41) is 85.3. The fourth-order valence-electron chi connectivity index (χ4n) is 12.9. The van der Waals surface area contributed by atoms with Gasteiger partial charge in [-0.25, -0.2) is 0 Å². The maximum Gasteiger partial charge on any atom is 0.187 e. The Morgan fingerprint density at radius 1 is 0.796 bits per heavy atom. The SMILES string of the molecule is C[C@@H]1O[C@H](O[C@H]2[C@H](O[C@H]3CC[C@@]4(C)[C@H](C3)C(=O)C[C@@H]3[C@@H]4CC[C@@]4(C)[C@H]3C[C@@H]3O[C@]5(CC[C@@H](CO)CO5)[C@@H](C)[C@@]34O)O[C@H](CO)[C@@H](O)[C@@H]2O)[C@H](O)[C@H](O)[C@H]1O. The third-order valence-corrected chi connectivity index (χ3v) is 16.3. The zero-order valence-electron chi connectivity index (χ0n) is 31.8. The molecule has 22 atom stereocenters. The molecule has 0 bridgehead atoms. The molecule has 4 heterocycles. The summed E-state index contributed by atoms with van der Waals surface area (Å²) in [6, 6.07) is 0. The van der Waals surface area contributed by atoms with E-state index in [1.165, 1.54) is 6.92 Å². The molecule has 0 unspecified atom stereocenters. The van der Waals surface area contributed by atoms with Crippen LogP contribution in [0.5, 0.6) is 0 Å². The lowest BCUT2D eigenvalue weighted by molar-refractivity contribution is -0.370. The molecule has 0 amide bonds. The Balaban J connectivity index is 0.970. The highest BCUT2D eigenvalue weighted by atomic mass is 16.8. The molecule has 8 rings (SSSR count). The maximum atomic E-state index is 14.3. The summed E-state index contributed by atoms with van der Waals surface area (Å²) < 4.78 is 37.0. The monoisotopic (exact) mass is 770 g/mol. The molecule has 15 nitrogen and oxygen atoms in total. The first-order valence-corrected chi connectivity index (χ1v) is 20.3. The molecule has 4 aliphatic heterocycles. The van der Waals surface area contributed by atoms with Crippen molar-refractivity contribution >= 4 is 5.78 Å². The van der Waals surface area contributed by atoms with Crippen LogP contribution in [0.1, 0.15) is 85.5 Å². The predicted octanol–water partition coefficient (Wildman–Crippen LogP) is -0.264. The van der Waals surface area contributed by atoms with Crippen molar-refractivity contribution in [2.75, 3.05) is 19.8 Å². The molecule has 8 fully saturated rings. The minimum Gasteiger partial charge on any atom is -0.396 e. The van der Waals surface area contributed by atoms with Gasteiger partial charge < -0.3 is 69.3 Å². The quantitative estimate of drug-likeness (QED) is 0.163. The van der Waals surface area contributed by atoms with Crippen LogP contribution < -0.4 is 0 Å². The van der Waals surface area contributed by atoms with Gasteiger partial charge in [0.05, 0.1) is 31.5 Å². The number of Topliss-reactive ketones (excluding diaryl/α,β-unsaturated/α-hetero) is 1. The molecule has 0 aromatic heterocycles. The number of carbonyl (C=O) groups is 1. The van der Waals surface area contributed by atoms with Crippen molar-refractivity contribution in [3.05, 3.63) is 0 Å². The maximum absolute atomic E-state index is 14.3. The van der Waals surface area contributed by atoms with Crippen LogP contribution in [0, 0.1) is 46.3 Å². The summed E-state index contributed by atoms with van der Waals surface area (Å²) in [5.41, 5.74) is -1.86. The van der Waals surface area contributed by atoms with Crippen LogP contribution in [-0.2, 0) is 33.2 Å². The number of aliphatic hydroxyl groups excluding tert-OH is 7. The van der Waals surface area contributed by atoms with E-state index in [2.05, 4.69) is 20.8 Å². The number of fused-ring (bicyclic) bond motifs is 7. The van der Waals surface area contributed by atoms with Crippen molar-refractivity contribution in [3.63, 3.8) is 0 Å². The first-order chi connectivity index (χ1) is 25.5. The molecule has 8 N–H and O–H groups in total. The largest absolute Gasteiger partial charge is 0.396 e. The van der Waals surface area contributed by atoms with Crippen LogP contribution in [0.3, 0.4) is 0 Å². The summed E-state index contributed by atoms with van der Waals surface area (Å²) >= 11 is 0. The van der Waals surface area contributed by atoms with E-state index in [1.54, 1.807) is 0 Å². The normalized spacial score (nSPS) is 58.7. The zero-order chi connectivity index (χ0) is 38.7. The van der Waals surface area contributed by atoms with E-state index in [1.807, 2.05) is 0 Å². The van der Waals surface area contributed by atoms with Gasteiger partial charge in [0.15, 0.2) is 18.4 Å². The number of hydrogen-bond acceptors (Lipinski definition) is 15. The predicted molar refractivity (Wildman–Crippen MR) is 185 cm³/mol. The lowest BCUT2D eigenvalue weighted by Gasteiger charge is -2.61. The zero-order valence-corrected chi connectivity index (χ0v) is 31.8. The van der Waals surface area contributed by atoms with Gasteiger partial charge in [-0.05, 0) is 75.0 Å². The molecule has 54 heavy (non-hydrogen) atoms. The molecule has 1 spiro atoms. The Labute approximate surface area is 316 Å². The molecule has 4 aliphatic carbocycles. The van der Waals surface area contributed by atoms with E-state index in [9.17, 15) is 45.6 Å². The van der Waals surface area contributed by atoms with Crippen molar-refractivity contribution < 1.29 is 74.1 Å². The van der Waals surface area contributed by atoms with E-state index >= 15 is 0 Å². The highest BCUT2D eigenvalue weighted by molar-refractivity contribution is 5.83. The summed E-state index contributed by atoms with van der Waals surface area (Å²) in [7, 11) is 0. The topological polar surface area (TPSA) is 234 Å². The second-order valence-electron chi connectivity index (χ2n) is 18.7. The molecular weight excluding hydrogens is 708 g/mol. The number of carbonyl (C=O) groups excluding carboxylic acids is 1. The van der Waals surface area contributed by atoms with Gasteiger partial charge >= 0.3 is 0 Å². The van der Waals surface area contributed by atoms with Crippen LogP contribution in [0.25, 0.3) is 0 Å². The van der Waals surface area contributed by atoms with Crippen LogP contribution >= 0.6 is 0 Å². The first kappa shape index (κ1) is 39.9. The van der Waals surface area contributed by atoms with Gasteiger partial charge in [-0.1, -0.05) is 20.8 Å². The van der Waals surface area contributed by atoms with Gasteiger partial charge in [0, 0.05) is 42.6 Å². The molecule has 0 radical (unpaired) electrons. The van der Waals surface area contributed by atoms with Gasteiger partial charge in [-0.3, -0.25) is 4.79 Å². The second-order valence-corrected chi connectivity index (χ2v) is 18.7. The van der Waals surface area contributed by atoms with Crippen molar-refractivity contribution in [2.24, 2.45) is 46.3 Å². The molecule has 4 saturated heterocycles.